The van der Waals surface area contributed by atoms with Crippen LogP contribution in [-0.4, -0.2) is 37.0 Å². The van der Waals surface area contributed by atoms with E-state index in [2.05, 4.69) is 10.6 Å². The molecule has 1 heterocycles. The minimum atomic E-state index is -0.693. The molecule has 2 N–H and O–H groups in total. The van der Waals surface area contributed by atoms with Gasteiger partial charge >= 0.3 is 11.9 Å². The Labute approximate surface area is 194 Å². The van der Waals surface area contributed by atoms with Crippen LogP contribution in [0.2, 0.25) is 0 Å². The smallest absolute Gasteiger partial charge is 0.341 e. The van der Waals surface area contributed by atoms with Crippen LogP contribution < -0.4 is 10.6 Å². The van der Waals surface area contributed by atoms with Gasteiger partial charge in [-0.15, -0.1) is 11.3 Å². The monoisotopic (exact) mass is 466 g/mol. The van der Waals surface area contributed by atoms with E-state index in [1.807, 2.05) is 30.3 Å². The van der Waals surface area contributed by atoms with E-state index in [1.165, 1.54) is 30.4 Å². The lowest BCUT2D eigenvalue weighted by Crippen LogP contribution is -2.21. The fourth-order valence-corrected chi connectivity index (χ4v) is 3.93. The number of anilines is 2. The van der Waals surface area contributed by atoms with Crippen molar-refractivity contribution in [2.45, 2.75) is 13.8 Å². The maximum Gasteiger partial charge on any atom is 0.341 e. The molecule has 2 amide bonds. The summed E-state index contributed by atoms with van der Waals surface area (Å²) in [4.78, 5) is 48.9. The second kappa shape index (κ2) is 11.1. The molecular formula is C24H22N2O6S. The molecule has 0 aliphatic rings. The maximum absolute atomic E-state index is 12.4. The molecule has 1 aromatic heterocycles. The molecule has 9 heteroatoms. The van der Waals surface area contributed by atoms with E-state index in [1.54, 1.807) is 25.1 Å². The number of esters is 2. The predicted octanol–water partition coefficient (Wildman–Crippen LogP) is 4.35. The van der Waals surface area contributed by atoms with Crippen LogP contribution in [0.4, 0.5) is 10.7 Å². The fraction of sp³-hybridized carbons (Fsp3) is 0.167. The predicted molar refractivity (Wildman–Crippen MR) is 125 cm³/mol. The van der Waals surface area contributed by atoms with Gasteiger partial charge in [-0.05, 0) is 42.8 Å². The highest BCUT2D eigenvalue weighted by atomic mass is 32.1. The molecule has 0 aliphatic heterocycles. The van der Waals surface area contributed by atoms with Crippen molar-refractivity contribution in [3.63, 3.8) is 0 Å². The number of carbonyl (C=O) groups excluding carboxylic acids is 4. The third-order valence-corrected chi connectivity index (χ3v) is 5.41. The van der Waals surface area contributed by atoms with E-state index in [0.29, 0.717) is 10.7 Å². The zero-order valence-electron chi connectivity index (χ0n) is 18.0. The number of thiophene rings is 1. The van der Waals surface area contributed by atoms with Crippen LogP contribution in [0.15, 0.2) is 60.7 Å². The summed E-state index contributed by atoms with van der Waals surface area (Å²) in [5.74, 6) is -2.07. The molecule has 8 nitrogen and oxygen atoms in total. The maximum atomic E-state index is 12.4. The van der Waals surface area contributed by atoms with Crippen molar-refractivity contribution < 1.29 is 28.7 Å². The highest BCUT2D eigenvalue weighted by Crippen LogP contribution is 2.35. The van der Waals surface area contributed by atoms with Crippen LogP contribution in [0.25, 0.3) is 10.4 Å². The summed E-state index contributed by atoms with van der Waals surface area (Å²) in [6.07, 6.45) is 0. The Morgan fingerprint density at radius 1 is 0.879 bits per heavy atom. The van der Waals surface area contributed by atoms with E-state index < -0.39 is 24.5 Å². The van der Waals surface area contributed by atoms with Gasteiger partial charge in [0.15, 0.2) is 6.61 Å². The number of hydrogen-bond acceptors (Lipinski definition) is 7. The number of nitrogens with one attached hydrogen (secondary N) is 2. The van der Waals surface area contributed by atoms with Crippen LogP contribution in [-0.2, 0) is 19.1 Å². The molecule has 3 rings (SSSR count). The van der Waals surface area contributed by atoms with E-state index in [-0.39, 0.29) is 23.6 Å². The van der Waals surface area contributed by atoms with Gasteiger partial charge in [0, 0.05) is 17.5 Å². The normalized spacial score (nSPS) is 10.2. The number of ether oxygens (including phenoxy) is 2. The molecule has 0 atom stereocenters. The lowest BCUT2D eigenvalue weighted by atomic mass is 10.1. The van der Waals surface area contributed by atoms with Crippen LogP contribution in [0, 0.1) is 0 Å². The highest BCUT2D eigenvalue weighted by molar-refractivity contribution is 7.20. The van der Waals surface area contributed by atoms with Crippen molar-refractivity contribution in [3.8, 4) is 10.4 Å². The third kappa shape index (κ3) is 6.50. The molecule has 0 saturated carbocycles. The van der Waals surface area contributed by atoms with Crippen LogP contribution in [0.5, 0.6) is 0 Å². The highest BCUT2D eigenvalue weighted by Gasteiger charge is 2.20. The van der Waals surface area contributed by atoms with Gasteiger partial charge in [-0.2, -0.15) is 0 Å². The van der Waals surface area contributed by atoms with Gasteiger partial charge in [-0.1, -0.05) is 30.3 Å². The average molecular weight is 467 g/mol. The van der Waals surface area contributed by atoms with E-state index >= 15 is 0 Å². The number of hydrogen-bond donors (Lipinski definition) is 2. The van der Waals surface area contributed by atoms with Gasteiger partial charge in [0.1, 0.15) is 5.00 Å². The third-order valence-electron chi connectivity index (χ3n) is 4.31. The second-order valence-electron chi connectivity index (χ2n) is 6.82. The van der Waals surface area contributed by atoms with Gasteiger partial charge in [0.05, 0.1) is 17.7 Å². The summed E-state index contributed by atoms with van der Waals surface area (Å²) in [5.41, 5.74) is 1.89. The SMILES string of the molecule is CCOC(=O)c1cc(-c2ccccc2)sc1NC(=O)COC(=O)c1ccc(NC(C)=O)cc1. The topological polar surface area (TPSA) is 111 Å². The Morgan fingerprint density at radius 3 is 2.21 bits per heavy atom. The van der Waals surface area contributed by atoms with Gasteiger partial charge in [0.2, 0.25) is 5.91 Å². The first-order valence-corrected chi connectivity index (χ1v) is 10.9. The summed E-state index contributed by atoms with van der Waals surface area (Å²) < 4.78 is 10.2. The first kappa shape index (κ1) is 23.7. The molecule has 3 aromatic rings. The van der Waals surface area contributed by atoms with Crippen molar-refractivity contribution in [1.29, 1.82) is 0 Å². The van der Waals surface area contributed by atoms with Crippen LogP contribution >= 0.6 is 11.3 Å². The molecule has 170 valence electrons. The van der Waals surface area contributed by atoms with E-state index in [9.17, 15) is 19.2 Å². The van der Waals surface area contributed by atoms with Crippen LogP contribution in [0.1, 0.15) is 34.6 Å². The minimum Gasteiger partial charge on any atom is -0.462 e. The Morgan fingerprint density at radius 2 is 1.58 bits per heavy atom. The Balaban J connectivity index is 1.66. The Hall–Kier alpha value is -3.98. The Kier molecular flexibility index (Phi) is 7.93. The van der Waals surface area contributed by atoms with Crippen molar-refractivity contribution in [2.24, 2.45) is 0 Å². The molecule has 0 bridgehead atoms. The van der Waals surface area contributed by atoms with Crippen LogP contribution in [0.3, 0.4) is 0 Å². The fourth-order valence-electron chi connectivity index (χ4n) is 2.86. The summed E-state index contributed by atoms with van der Waals surface area (Å²) in [6.45, 7) is 2.74. The Bertz CT molecular complexity index is 1160. The van der Waals surface area contributed by atoms with Gasteiger partial charge in [-0.25, -0.2) is 9.59 Å². The molecular weight excluding hydrogens is 444 g/mol. The van der Waals surface area contributed by atoms with Crippen molar-refractivity contribution >= 4 is 45.8 Å². The first-order chi connectivity index (χ1) is 15.9. The average Bonchev–Trinajstić information content (AvgIpc) is 3.22. The molecule has 0 spiro atoms. The molecule has 2 aromatic carbocycles. The number of benzene rings is 2. The van der Waals surface area contributed by atoms with Gasteiger partial charge < -0.3 is 20.1 Å². The quantitative estimate of drug-likeness (QED) is 0.478. The summed E-state index contributed by atoms with van der Waals surface area (Å²) in [6, 6.07) is 17.2. The molecule has 33 heavy (non-hydrogen) atoms. The summed E-state index contributed by atoms with van der Waals surface area (Å²) in [7, 11) is 0. The number of amides is 2. The molecule has 0 saturated heterocycles. The standard InChI is InChI=1S/C24H22N2O6S/c1-3-31-24(30)19-13-20(16-7-5-4-6-8-16)33-22(19)26-21(28)14-32-23(29)17-9-11-18(12-10-17)25-15(2)27/h4-13H,3,14H2,1-2H3,(H,25,27)(H,26,28). The van der Waals surface area contributed by atoms with Crippen molar-refractivity contribution in [1.82, 2.24) is 0 Å². The number of carbonyl (C=O) groups is 4. The first-order valence-electron chi connectivity index (χ1n) is 10.1. The summed E-state index contributed by atoms with van der Waals surface area (Å²) in [5, 5.41) is 5.54. The van der Waals surface area contributed by atoms with Gasteiger partial charge in [-0.3, -0.25) is 9.59 Å². The number of rotatable bonds is 8. The largest absolute Gasteiger partial charge is 0.462 e. The molecule has 0 radical (unpaired) electrons. The molecule has 0 aliphatic carbocycles. The van der Waals surface area contributed by atoms with Crippen molar-refractivity contribution in [3.05, 3.63) is 71.8 Å². The summed E-state index contributed by atoms with van der Waals surface area (Å²) >= 11 is 1.22. The van der Waals surface area contributed by atoms with E-state index in [0.717, 1.165) is 10.4 Å². The zero-order valence-corrected chi connectivity index (χ0v) is 18.9. The zero-order chi connectivity index (χ0) is 23.8. The molecule has 0 unspecified atom stereocenters. The van der Waals surface area contributed by atoms with E-state index in [4.69, 9.17) is 9.47 Å². The molecule has 0 fully saturated rings. The second-order valence-corrected chi connectivity index (χ2v) is 7.87. The lowest BCUT2D eigenvalue weighted by Gasteiger charge is -2.08. The van der Waals surface area contributed by atoms with Crippen molar-refractivity contribution in [2.75, 3.05) is 23.8 Å². The minimum absolute atomic E-state index is 0.196. The lowest BCUT2D eigenvalue weighted by molar-refractivity contribution is -0.119. The van der Waals surface area contributed by atoms with Gasteiger partial charge in [0.25, 0.3) is 5.91 Å².